The van der Waals surface area contributed by atoms with Gasteiger partial charge in [0.2, 0.25) is 0 Å². The Morgan fingerprint density at radius 1 is 0.436 bits per heavy atom. The Morgan fingerprint density at radius 2 is 0.767 bits per heavy atom. The number of pyridine rings is 1. The van der Waals surface area contributed by atoms with Crippen LogP contribution < -0.4 is 11.1 Å². The Hall–Kier alpha value is -11.1. The summed E-state index contributed by atoms with van der Waals surface area (Å²) in [5.41, 5.74) is -7.45. The van der Waals surface area contributed by atoms with Gasteiger partial charge < -0.3 is 51.3 Å². The van der Waals surface area contributed by atoms with Gasteiger partial charge in [-0.3, -0.25) is 29.0 Å². The molecule has 712 valence electrons. The highest BCUT2D eigenvalue weighted by Crippen LogP contribution is 2.49. The SMILES string of the molecule is CC1CC1.CCN(C(=O)c1ccc([C@](C)(O)C(F)(F)F)cc1)C1CCC(C#N)(c2ccc(F)cc2)CC1.CCN(C(=O)c1ccc([C@](C)(O)C(F)(F)F)cc1)C1CCC(C#N)(c2ccccc2)CC1.C[C@](O)(c1ccc(C(=O)N(C2CC2)C2CCC(C#N)(c3cccnc3)CC2)cc1)C(F)(F)F.C[C@](O)(c1ccc(C(=O)NC2CCC(O)(c3ccc(C(N)=O)s3)CC2)cc1)C(F)(F)F. The first-order chi connectivity index (χ1) is 62.3. The molecule has 6 saturated carbocycles. The van der Waals surface area contributed by atoms with Crippen LogP contribution in [0.2, 0.25) is 0 Å². The second-order valence-corrected chi connectivity index (χ2v) is 37.2. The highest BCUT2D eigenvalue weighted by molar-refractivity contribution is 7.14. The van der Waals surface area contributed by atoms with Gasteiger partial charge in [-0.05, 0) is 281 Å². The van der Waals surface area contributed by atoms with E-state index in [1.165, 1.54) is 73.5 Å². The number of nitrogens with zero attached hydrogens (tertiary/aromatic N) is 7. The molecule has 0 saturated heterocycles. The number of carbonyl (C=O) groups is 5. The molecular formula is C100H110F13N9O10S. The van der Waals surface area contributed by atoms with E-state index in [-0.39, 0.29) is 92.7 Å². The van der Waals surface area contributed by atoms with E-state index in [9.17, 15) is 122 Å². The third-order valence-electron chi connectivity index (χ3n) is 27.0. The number of nitriles is 3. The number of aromatic nitrogens is 1. The number of amides is 5. The molecule has 6 aromatic carbocycles. The van der Waals surface area contributed by atoms with Crippen LogP contribution in [-0.4, -0.2) is 143 Å². The fraction of sp³-hybridized carbons (Fsp3) is 0.470. The largest absolute Gasteiger partial charge is 0.421 e. The Kier molecular flexibility index (Phi) is 32.7. The molecule has 4 atom stereocenters. The number of rotatable bonds is 20. The molecule has 0 aliphatic heterocycles. The summed E-state index contributed by atoms with van der Waals surface area (Å²) < 4.78 is 170. The average Bonchev–Trinajstić information content (AvgIpc) is 1.36. The van der Waals surface area contributed by atoms with Gasteiger partial charge in [0.25, 0.3) is 29.5 Å². The number of nitrogens with two attached hydrogens (primary N) is 1. The molecular weight excluding hydrogens is 1770 g/mol. The molecule has 14 rings (SSSR count). The van der Waals surface area contributed by atoms with Gasteiger partial charge in [-0.1, -0.05) is 117 Å². The maximum Gasteiger partial charge on any atom is 0.421 e. The number of alkyl halides is 12. The summed E-state index contributed by atoms with van der Waals surface area (Å²) in [6.07, 6.45) is -2.05. The van der Waals surface area contributed by atoms with Gasteiger partial charge >= 0.3 is 24.7 Å². The van der Waals surface area contributed by atoms with Crippen LogP contribution in [0.15, 0.2) is 188 Å². The van der Waals surface area contributed by atoms with Crippen LogP contribution in [0.25, 0.3) is 0 Å². The van der Waals surface area contributed by atoms with E-state index in [0.29, 0.717) is 159 Å². The van der Waals surface area contributed by atoms with Crippen molar-refractivity contribution in [1.82, 2.24) is 25.0 Å². The number of thiophene rings is 1. The van der Waals surface area contributed by atoms with Crippen LogP contribution >= 0.6 is 11.3 Å². The summed E-state index contributed by atoms with van der Waals surface area (Å²) in [7, 11) is 0. The normalized spacial score (nSPS) is 23.7. The fourth-order valence-electron chi connectivity index (χ4n) is 17.4. The minimum absolute atomic E-state index is 0.0268. The third kappa shape index (κ3) is 24.0. The number of carbonyl (C=O) groups excluding carboxylic acids is 5. The summed E-state index contributed by atoms with van der Waals surface area (Å²) in [5, 5.41) is 82.6. The predicted molar refractivity (Wildman–Crippen MR) is 471 cm³/mol. The van der Waals surface area contributed by atoms with Crippen molar-refractivity contribution < 1.29 is 107 Å². The molecule has 8 N–H and O–H groups in total. The lowest BCUT2D eigenvalue weighted by atomic mass is 9.69. The fourth-order valence-corrected chi connectivity index (χ4v) is 18.4. The molecule has 0 bridgehead atoms. The topological polar surface area (TPSA) is 319 Å². The summed E-state index contributed by atoms with van der Waals surface area (Å²) >= 11 is 1.15. The van der Waals surface area contributed by atoms with Crippen molar-refractivity contribution in [3.05, 3.63) is 265 Å². The lowest BCUT2D eigenvalue weighted by molar-refractivity contribution is -0.259. The van der Waals surface area contributed by atoms with Crippen molar-refractivity contribution in [1.29, 1.82) is 15.8 Å². The number of hydrogen-bond donors (Lipinski definition) is 7. The van der Waals surface area contributed by atoms with Crippen LogP contribution in [0.5, 0.6) is 0 Å². The minimum Gasteiger partial charge on any atom is -0.384 e. The van der Waals surface area contributed by atoms with Crippen LogP contribution in [-0.2, 0) is 44.3 Å². The van der Waals surface area contributed by atoms with Gasteiger partial charge in [0.1, 0.15) is 5.82 Å². The third-order valence-corrected chi connectivity index (χ3v) is 28.3. The molecule has 19 nitrogen and oxygen atoms in total. The molecule has 0 unspecified atom stereocenters. The number of halogens is 13. The zero-order chi connectivity index (χ0) is 97.9. The van der Waals surface area contributed by atoms with Crippen LogP contribution in [0.3, 0.4) is 0 Å². The Bertz CT molecular complexity index is 5400. The molecule has 6 fully saturated rings. The standard InChI is InChI=1S/C25H26F4N2O2.C25H26F3N3O2.C25H27F3N2O2.C21H23F3N2O4S.C4H8/c1-3-31(22(32)17-4-6-18(7-5-17)23(2,33)25(27,28)29)21-12-14-24(16-30,15-13-21)19-8-10-20(26)11-9-19;1-23(33,25(26,27)28)18-6-4-17(5-7-18)22(32)31(20-8-9-20)21-10-12-24(16-29,13-11-21)19-3-2-14-30-15-19;1-3-30(21-13-15-24(17-29,16-14-21)20-7-5-4-6-8-20)22(31)18-9-11-19(12-10-18)23(2,32)25(26,27)28;1-19(29,21(22,23)24)13-4-2-12(3-5-13)18(28)26-14-8-10-20(30,11-9-14)16-7-6-15(31-16)17(25)27;1-4-2-3-4/h4-11,21,33H,3,12-15H2,1-2H3;2-7,14-15,20-21,33H,8-13H2,1H3;4-12,21,32H,3,13-16H2,1-2H3;2-7,14,29-30H,8-11H2,1H3,(H2,25,27)(H,26,28);4H,2-3H2,1H3/t3*21?,23-,24?;14?,19-,20?;/m0000./s1. The van der Waals surface area contributed by atoms with E-state index in [2.05, 4.69) is 35.4 Å². The smallest absolute Gasteiger partial charge is 0.384 e. The van der Waals surface area contributed by atoms with Gasteiger partial charge in [-0.2, -0.15) is 68.5 Å². The molecule has 6 aliphatic carbocycles. The molecule has 33 heteroatoms. The van der Waals surface area contributed by atoms with Gasteiger partial charge in [0.05, 0.1) is 44.9 Å². The van der Waals surface area contributed by atoms with Crippen molar-refractivity contribution in [3.63, 3.8) is 0 Å². The first-order valence-electron chi connectivity index (χ1n) is 44.2. The maximum atomic E-state index is 13.4. The first-order valence-corrected chi connectivity index (χ1v) is 45.1. The van der Waals surface area contributed by atoms with E-state index in [1.807, 2.05) is 61.2 Å². The van der Waals surface area contributed by atoms with Crippen LogP contribution in [0.4, 0.5) is 57.1 Å². The zero-order valence-corrected chi connectivity index (χ0v) is 75.5. The molecule has 133 heavy (non-hydrogen) atoms. The van der Waals surface area contributed by atoms with Crippen LogP contribution in [0.1, 0.15) is 272 Å². The van der Waals surface area contributed by atoms with Gasteiger partial charge in [0.15, 0.2) is 22.4 Å². The number of benzene rings is 6. The summed E-state index contributed by atoms with van der Waals surface area (Å²) in [6, 6.07) is 49.1. The lowest BCUT2D eigenvalue weighted by Gasteiger charge is -2.40. The molecule has 6 aliphatic rings. The molecule has 5 amide bonds. The van der Waals surface area contributed by atoms with E-state index in [0.717, 1.165) is 95.3 Å². The molecule has 0 radical (unpaired) electrons. The quantitative estimate of drug-likeness (QED) is 0.0349. The number of aliphatic hydroxyl groups is 5. The van der Waals surface area contributed by atoms with Gasteiger partial charge in [0, 0.05) is 82.8 Å². The van der Waals surface area contributed by atoms with Crippen molar-refractivity contribution in [2.24, 2.45) is 11.7 Å². The Morgan fingerprint density at radius 3 is 1.08 bits per heavy atom. The van der Waals surface area contributed by atoms with E-state index < -0.39 is 80.8 Å². The predicted octanol–water partition coefficient (Wildman–Crippen LogP) is 20.2. The lowest BCUT2D eigenvalue weighted by Crippen LogP contribution is -2.46. The highest BCUT2D eigenvalue weighted by Gasteiger charge is 2.55. The molecule has 0 spiro atoms. The second kappa shape index (κ2) is 41.8. The number of nitrogens with one attached hydrogen (secondary N) is 1. The highest BCUT2D eigenvalue weighted by atomic mass is 32.1. The summed E-state index contributed by atoms with van der Waals surface area (Å²) in [5.74, 6) is -1.08. The van der Waals surface area contributed by atoms with E-state index in [1.54, 1.807) is 46.5 Å². The second-order valence-electron chi connectivity index (χ2n) is 36.1. The van der Waals surface area contributed by atoms with Crippen molar-refractivity contribution in [2.45, 2.75) is 276 Å². The number of hydrogen-bond acceptors (Lipinski definition) is 15. The maximum absolute atomic E-state index is 13.4. The van der Waals surface area contributed by atoms with Crippen molar-refractivity contribution >= 4 is 40.9 Å². The molecule has 2 aromatic heterocycles. The first kappa shape index (κ1) is 104. The summed E-state index contributed by atoms with van der Waals surface area (Å²) in [6.45, 7) is 9.55. The van der Waals surface area contributed by atoms with Crippen molar-refractivity contribution in [2.75, 3.05) is 13.1 Å². The molecule has 2 heterocycles. The van der Waals surface area contributed by atoms with E-state index in [4.69, 9.17) is 5.73 Å². The molecule has 8 aromatic rings. The minimum atomic E-state index is -4.84. The number of primary amides is 1. The summed E-state index contributed by atoms with van der Waals surface area (Å²) in [4.78, 5) is 73.7. The van der Waals surface area contributed by atoms with Crippen molar-refractivity contribution in [3.8, 4) is 18.2 Å². The van der Waals surface area contributed by atoms with Gasteiger partial charge in [-0.15, -0.1) is 11.3 Å². The van der Waals surface area contributed by atoms with Crippen LogP contribution in [0, 0.1) is 45.7 Å². The van der Waals surface area contributed by atoms with E-state index >= 15 is 0 Å². The average molecular weight is 1880 g/mol. The monoisotopic (exact) mass is 1880 g/mol. The van der Waals surface area contributed by atoms with Gasteiger partial charge in [-0.25, -0.2) is 4.39 Å². The Labute approximate surface area is 768 Å². The zero-order valence-electron chi connectivity index (χ0n) is 74.7. The Balaban J connectivity index is 0.000000181.